The smallest absolute Gasteiger partial charge is 0.306 e. The lowest BCUT2D eigenvalue weighted by Crippen LogP contribution is -2.30. The van der Waals surface area contributed by atoms with Crippen LogP contribution in [0.1, 0.15) is 380 Å². The number of esters is 3. The topological polar surface area (TPSA) is 78.9 Å². The van der Waals surface area contributed by atoms with Crippen LogP contribution in [-0.2, 0) is 28.6 Å². The van der Waals surface area contributed by atoms with Crippen LogP contribution in [0.25, 0.3) is 0 Å². The molecule has 1 unspecified atom stereocenters. The maximum Gasteiger partial charge on any atom is 0.306 e. The molecule has 0 aromatic heterocycles. The number of carbonyl (C=O) groups is 3. The van der Waals surface area contributed by atoms with Crippen LogP contribution in [0.3, 0.4) is 0 Å². The highest BCUT2D eigenvalue weighted by Crippen LogP contribution is 2.18. The first-order chi connectivity index (χ1) is 39.0. The molecule has 0 fully saturated rings. The van der Waals surface area contributed by atoms with Crippen LogP contribution in [0.2, 0.25) is 0 Å². The van der Waals surface area contributed by atoms with E-state index >= 15 is 0 Å². The largest absolute Gasteiger partial charge is 0.462 e. The molecule has 0 aliphatic carbocycles. The zero-order valence-electron chi connectivity index (χ0n) is 53.2. The fourth-order valence-corrected chi connectivity index (χ4v) is 10.5. The Morgan fingerprint density at radius 1 is 0.253 bits per heavy atom. The summed E-state index contributed by atoms with van der Waals surface area (Å²) in [6.07, 6.45) is 85.8. The summed E-state index contributed by atoms with van der Waals surface area (Å²) in [7, 11) is 0. The molecule has 0 rings (SSSR count). The lowest BCUT2D eigenvalue weighted by Gasteiger charge is -2.18. The summed E-state index contributed by atoms with van der Waals surface area (Å²) in [5, 5.41) is 0. The van der Waals surface area contributed by atoms with Crippen molar-refractivity contribution in [3.63, 3.8) is 0 Å². The Bertz CT molecular complexity index is 1360. The summed E-state index contributed by atoms with van der Waals surface area (Å²) in [5.74, 6) is -0.855. The number of carbonyl (C=O) groups excluding carboxylic acids is 3. The molecule has 0 N–H and O–H groups in total. The number of rotatable bonds is 65. The SMILES string of the molecule is CCCCCCC/C=C\C/C=C\C/C=C\CCCCCCCCCCCCCCCCCCCCC(=O)OCC(COC(=O)CCCCCCCCCCCCCC)OC(=O)CCCCCCC/C=C\CCCCCCCCC. The van der Waals surface area contributed by atoms with Gasteiger partial charge in [-0.05, 0) is 83.5 Å². The molecule has 0 aliphatic rings. The van der Waals surface area contributed by atoms with E-state index in [0.29, 0.717) is 19.3 Å². The molecule has 462 valence electrons. The molecule has 0 saturated carbocycles. The van der Waals surface area contributed by atoms with Crippen molar-refractivity contribution in [2.24, 2.45) is 0 Å². The predicted octanol–water partition coefficient (Wildman–Crippen LogP) is 24.1. The van der Waals surface area contributed by atoms with Gasteiger partial charge in [0.15, 0.2) is 6.10 Å². The van der Waals surface area contributed by atoms with E-state index in [1.54, 1.807) is 0 Å². The van der Waals surface area contributed by atoms with Crippen molar-refractivity contribution in [2.45, 2.75) is 386 Å². The number of hydrogen-bond acceptors (Lipinski definition) is 6. The molecule has 0 amide bonds. The maximum atomic E-state index is 12.9. The van der Waals surface area contributed by atoms with Crippen LogP contribution >= 0.6 is 0 Å². The third kappa shape index (κ3) is 66.1. The van der Waals surface area contributed by atoms with Gasteiger partial charge in [0.2, 0.25) is 0 Å². The monoisotopic (exact) mass is 1110 g/mol. The summed E-state index contributed by atoms with van der Waals surface area (Å²) < 4.78 is 16.9. The van der Waals surface area contributed by atoms with Gasteiger partial charge < -0.3 is 14.2 Å². The van der Waals surface area contributed by atoms with Crippen LogP contribution in [0.15, 0.2) is 48.6 Å². The van der Waals surface area contributed by atoms with Gasteiger partial charge in [0, 0.05) is 19.3 Å². The Kier molecular flexibility index (Phi) is 65.6. The quantitative estimate of drug-likeness (QED) is 0.0261. The fourth-order valence-electron chi connectivity index (χ4n) is 10.5. The first kappa shape index (κ1) is 76.4. The molecule has 0 aromatic carbocycles. The average molecular weight is 1110 g/mol. The summed E-state index contributed by atoms with van der Waals surface area (Å²) in [4.78, 5) is 38.3. The minimum Gasteiger partial charge on any atom is -0.462 e. The third-order valence-corrected chi connectivity index (χ3v) is 15.8. The van der Waals surface area contributed by atoms with Crippen molar-refractivity contribution >= 4 is 17.9 Å². The Balaban J connectivity index is 4.11. The average Bonchev–Trinajstić information content (AvgIpc) is 3.45. The zero-order valence-corrected chi connectivity index (χ0v) is 53.2. The second-order valence-electron chi connectivity index (χ2n) is 23.8. The summed E-state index contributed by atoms with van der Waals surface area (Å²) in [6, 6.07) is 0. The minimum absolute atomic E-state index is 0.0707. The third-order valence-electron chi connectivity index (χ3n) is 15.8. The molecule has 0 aliphatic heterocycles. The Morgan fingerprint density at radius 3 is 0.722 bits per heavy atom. The standard InChI is InChI=1S/C73H134O6/c1-4-7-10-13-16-19-22-25-27-29-30-31-32-33-34-35-36-37-38-39-40-41-42-43-44-45-47-48-51-54-57-60-63-66-72(75)78-69-70(68-77-71(74)65-62-59-56-53-50-24-21-18-15-12-9-6-3)79-73(76)67-64-61-58-55-52-49-46-28-26-23-20-17-14-11-8-5-2/h22,25,28-30,32-33,46,70H,4-21,23-24,26-27,31,34-45,47-69H2,1-3H3/b25-22-,30-29-,33-32-,46-28-. The van der Waals surface area contributed by atoms with Crippen LogP contribution in [0.4, 0.5) is 0 Å². The Labute approximate surface area is 492 Å². The molecule has 0 aromatic rings. The van der Waals surface area contributed by atoms with Gasteiger partial charge in [-0.3, -0.25) is 14.4 Å². The zero-order chi connectivity index (χ0) is 57.1. The van der Waals surface area contributed by atoms with Gasteiger partial charge in [0.25, 0.3) is 0 Å². The molecular weight excluding hydrogens is 973 g/mol. The van der Waals surface area contributed by atoms with Gasteiger partial charge in [-0.25, -0.2) is 0 Å². The van der Waals surface area contributed by atoms with E-state index in [2.05, 4.69) is 69.4 Å². The molecule has 0 spiro atoms. The van der Waals surface area contributed by atoms with Crippen molar-refractivity contribution < 1.29 is 28.6 Å². The van der Waals surface area contributed by atoms with E-state index in [4.69, 9.17) is 14.2 Å². The molecule has 0 bridgehead atoms. The van der Waals surface area contributed by atoms with Gasteiger partial charge in [-0.15, -0.1) is 0 Å². The van der Waals surface area contributed by atoms with Crippen LogP contribution in [0.5, 0.6) is 0 Å². The number of ether oxygens (including phenoxy) is 3. The van der Waals surface area contributed by atoms with Crippen molar-refractivity contribution in [1.82, 2.24) is 0 Å². The van der Waals surface area contributed by atoms with Gasteiger partial charge in [-0.1, -0.05) is 326 Å². The lowest BCUT2D eigenvalue weighted by molar-refractivity contribution is -0.167. The highest BCUT2D eigenvalue weighted by molar-refractivity contribution is 5.71. The molecular formula is C73H134O6. The van der Waals surface area contributed by atoms with Crippen molar-refractivity contribution in [1.29, 1.82) is 0 Å². The highest BCUT2D eigenvalue weighted by atomic mass is 16.6. The molecule has 0 heterocycles. The number of allylic oxidation sites excluding steroid dienone is 8. The van der Waals surface area contributed by atoms with Crippen LogP contribution < -0.4 is 0 Å². The Morgan fingerprint density at radius 2 is 0.456 bits per heavy atom. The van der Waals surface area contributed by atoms with Crippen LogP contribution in [0, 0.1) is 0 Å². The van der Waals surface area contributed by atoms with Crippen molar-refractivity contribution in [3.8, 4) is 0 Å². The van der Waals surface area contributed by atoms with E-state index in [0.717, 1.165) is 77.0 Å². The Hall–Kier alpha value is -2.63. The molecule has 6 heteroatoms. The summed E-state index contributed by atoms with van der Waals surface area (Å²) >= 11 is 0. The van der Waals surface area contributed by atoms with E-state index in [1.165, 1.54) is 263 Å². The second-order valence-corrected chi connectivity index (χ2v) is 23.8. The molecule has 1 atom stereocenters. The highest BCUT2D eigenvalue weighted by Gasteiger charge is 2.19. The molecule has 6 nitrogen and oxygen atoms in total. The van der Waals surface area contributed by atoms with Gasteiger partial charge in [0.05, 0.1) is 0 Å². The molecule has 0 radical (unpaired) electrons. The van der Waals surface area contributed by atoms with Crippen LogP contribution in [-0.4, -0.2) is 37.2 Å². The van der Waals surface area contributed by atoms with Gasteiger partial charge in [-0.2, -0.15) is 0 Å². The first-order valence-corrected chi connectivity index (χ1v) is 35.1. The first-order valence-electron chi connectivity index (χ1n) is 35.1. The van der Waals surface area contributed by atoms with E-state index in [1.807, 2.05) is 0 Å². The predicted molar refractivity (Wildman–Crippen MR) is 344 cm³/mol. The maximum absolute atomic E-state index is 12.9. The minimum atomic E-state index is -0.774. The van der Waals surface area contributed by atoms with Crippen molar-refractivity contribution in [2.75, 3.05) is 13.2 Å². The van der Waals surface area contributed by atoms with Gasteiger partial charge >= 0.3 is 17.9 Å². The summed E-state index contributed by atoms with van der Waals surface area (Å²) in [6.45, 7) is 6.67. The van der Waals surface area contributed by atoms with E-state index < -0.39 is 6.10 Å². The molecule has 79 heavy (non-hydrogen) atoms. The van der Waals surface area contributed by atoms with E-state index in [-0.39, 0.29) is 31.1 Å². The number of unbranched alkanes of at least 4 members (excludes halogenated alkanes) is 46. The lowest BCUT2D eigenvalue weighted by atomic mass is 10.0. The number of hydrogen-bond donors (Lipinski definition) is 0. The second kappa shape index (κ2) is 67.9. The van der Waals surface area contributed by atoms with Crippen molar-refractivity contribution in [3.05, 3.63) is 48.6 Å². The van der Waals surface area contributed by atoms with E-state index in [9.17, 15) is 14.4 Å². The van der Waals surface area contributed by atoms with Gasteiger partial charge in [0.1, 0.15) is 13.2 Å². The molecule has 0 saturated heterocycles. The fraction of sp³-hybridized carbons (Fsp3) is 0.849. The normalized spacial score (nSPS) is 12.3. The summed E-state index contributed by atoms with van der Waals surface area (Å²) in [5.41, 5.74) is 0.